The van der Waals surface area contributed by atoms with Gasteiger partial charge in [-0.15, -0.1) is 11.3 Å². The van der Waals surface area contributed by atoms with Crippen molar-refractivity contribution < 1.29 is 4.74 Å². The Kier molecular flexibility index (Phi) is 5.85. The SMILES string of the molecule is CCNC(Cc1cc(OC)ccc1Br)c1cc(C)c(C)s1. The van der Waals surface area contributed by atoms with Crippen LogP contribution in [0.4, 0.5) is 0 Å². The molecule has 0 spiro atoms. The molecule has 1 N–H and O–H groups in total. The first-order valence-corrected chi connectivity index (χ1v) is 8.78. The molecule has 0 bridgehead atoms. The Balaban J connectivity index is 2.27. The molecule has 1 aromatic carbocycles. The molecule has 0 aliphatic rings. The largest absolute Gasteiger partial charge is 0.497 e. The fourth-order valence-electron chi connectivity index (χ4n) is 2.35. The lowest BCUT2D eigenvalue weighted by Crippen LogP contribution is -2.22. The van der Waals surface area contributed by atoms with Crippen LogP contribution in [0.3, 0.4) is 0 Å². The number of nitrogens with one attached hydrogen (secondary N) is 1. The van der Waals surface area contributed by atoms with Crippen molar-refractivity contribution in [3.63, 3.8) is 0 Å². The number of methoxy groups -OCH3 is 1. The van der Waals surface area contributed by atoms with Crippen molar-refractivity contribution in [1.29, 1.82) is 0 Å². The van der Waals surface area contributed by atoms with Crippen LogP contribution in [0.5, 0.6) is 5.75 Å². The number of hydrogen-bond donors (Lipinski definition) is 1. The van der Waals surface area contributed by atoms with Crippen molar-refractivity contribution >= 4 is 27.3 Å². The predicted octanol–water partition coefficient (Wildman–Crippen LogP) is 5.03. The highest BCUT2D eigenvalue weighted by molar-refractivity contribution is 9.10. The average molecular weight is 368 g/mol. The molecule has 114 valence electrons. The Morgan fingerprint density at radius 2 is 2.05 bits per heavy atom. The van der Waals surface area contributed by atoms with Crippen molar-refractivity contribution in [1.82, 2.24) is 5.32 Å². The number of halogens is 1. The van der Waals surface area contributed by atoms with Crippen LogP contribution < -0.4 is 10.1 Å². The second-order valence-electron chi connectivity index (χ2n) is 5.16. The minimum Gasteiger partial charge on any atom is -0.497 e. The van der Waals surface area contributed by atoms with Gasteiger partial charge in [0.05, 0.1) is 7.11 Å². The molecule has 2 aromatic rings. The first kappa shape index (κ1) is 16.5. The zero-order valence-corrected chi connectivity index (χ0v) is 15.4. The van der Waals surface area contributed by atoms with Crippen molar-refractivity contribution in [2.75, 3.05) is 13.7 Å². The first-order chi connectivity index (χ1) is 10.0. The average Bonchev–Trinajstić information content (AvgIpc) is 2.80. The lowest BCUT2D eigenvalue weighted by molar-refractivity contribution is 0.413. The van der Waals surface area contributed by atoms with Gasteiger partial charge in [-0.3, -0.25) is 0 Å². The summed E-state index contributed by atoms with van der Waals surface area (Å²) in [5.41, 5.74) is 2.65. The summed E-state index contributed by atoms with van der Waals surface area (Å²) in [6.45, 7) is 7.48. The number of benzene rings is 1. The van der Waals surface area contributed by atoms with Gasteiger partial charge < -0.3 is 10.1 Å². The van der Waals surface area contributed by atoms with Crippen LogP contribution in [0.15, 0.2) is 28.7 Å². The predicted molar refractivity (Wildman–Crippen MR) is 94.6 cm³/mol. The highest BCUT2D eigenvalue weighted by atomic mass is 79.9. The van der Waals surface area contributed by atoms with E-state index in [0.717, 1.165) is 23.2 Å². The van der Waals surface area contributed by atoms with Gasteiger partial charge in [0, 0.05) is 20.3 Å². The quantitative estimate of drug-likeness (QED) is 0.772. The van der Waals surface area contributed by atoms with Gasteiger partial charge in [0.15, 0.2) is 0 Å². The molecule has 0 saturated carbocycles. The zero-order valence-electron chi connectivity index (χ0n) is 13.0. The van der Waals surface area contributed by atoms with E-state index in [2.05, 4.69) is 60.2 Å². The van der Waals surface area contributed by atoms with E-state index in [-0.39, 0.29) is 0 Å². The van der Waals surface area contributed by atoms with Crippen molar-refractivity contribution in [3.05, 3.63) is 49.6 Å². The van der Waals surface area contributed by atoms with Crippen LogP contribution >= 0.6 is 27.3 Å². The van der Waals surface area contributed by atoms with E-state index in [9.17, 15) is 0 Å². The van der Waals surface area contributed by atoms with E-state index in [0.29, 0.717) is 6.04 Å². The Hall–Kier alpha value is -0.840. The van der Waals surface area contributed by atoms with Gasteiger partial charge in [-0.1, -0.05) is 22.9 Å². The third-order valence-electron chi connectivity index (χ3n) is 3.66. The van der Waals surface area contributed by atoms with E-state index in [4.69, 9.17) is 4.74 Å². The van der Waals surface area contributed by atoms with Gasteiger partial charge in [0.1, 0.15) is 5.75 Å². The maximum atomic E-state index is 5.34. The maximum absolute atomic E-state index is 5.34. The third kappa shape index (κ3) is 4.09. The Morgan fingerprint density at radius 3 is 2.62 bits per heavy atom. The van der Waals surface area contributed by atoms with Crippen LogP contribution in [0.2, 0.25) is 0 Å². The van der Waals surface area contributed by atoms with E-state index >= 15 is 0 Å². The molecule has 4 heteroatoms. The molecule has 1 unspecified atom stereocenters. The van der Waals surface area contributed by atoms with E-state index in [1.165, 1.54) is 20.9 Å². The Morgan fingerprint density at radius 1 is 1.29 bits per heavy atom. The van der Waals surface area contributed by atoms with Gasteiger partial charge in [-0.05, 0) is 62.2 Å². The summed E-state index contributed by atoms with van der Waals surface area (Å²) < 4.78 is 6.48. The molecule has 0 radical (unpaired) electrons. The van der Waals surface area contributed by atoms with E-state index in [1.807, 2.05) is 17.4 Å². The van der Waals surface area contributed by atoms with Crippen LogP contribution in [0, 0.1) is 13.8 Å². The van der Waals surface area contributed by atoms with Gasteiger partial charge >= 0.3 is 0 Å². The number of thiophene rings is 1. The highest BCUT2D eigenvalue weighted by Crippen LogP contribution is 2.31. The number of hydrogen-bond acceptors (Lipinski definition) is 3. The monoisotopic (exact) mass is 367 g/mol. The van der Waals surface area contributed by atoms with Gasteiger partial charge in [0.2, 0.25) is 0 Å². The summed E-state index contributed by atoms with van der Waals surface area (Å²) in [4.78, 5) is 2.80. The van der Waals surface area contributed by atoms with Gasteiger partial charge in [0.25, 0.3) is 0 Å². The Labute approximate surface area is 139 Å². The molecular weight excluding hydrogens is 346 g/mol. The fraction of sp³-hybridized carbons (Fsp3) is 0.412. The maximum Gasteiger partial charge on any atom is 0.119 e. The topological polar surface area (TPSA) is 21.3 Å². The molecule has 2 nitrogen and oxygen atoms in total. The van der Waals surface area contributed by atoms with Crippen LogP contribution in [-0.4, -0.2) is 13.7 Å². The summed E-state index contributed by atoms with van der Waals surface area (Å²) in [7, 11) is 1.71. The van der Waals surface area contributed by atoms with Gasteiger partial charge in [-0.2, -0.15) is 0 Å². The molecule has 0 saturated heterocycles. The smallest absolute Gasteiger partial charge is 0.119 e. The zero-order chi connectivity index (χ0) is 15.4. The molecule has 0 fully saturated rings. The fourth-order valence-corrected chi connectivity index (χ4v) is 3.87. The molecule has 21 heavy (non-hydrogen) atoms. The summed E-state index contributed by atoms with van der Waals surface area (Å²) >= 11 is 5.54. The Bertz CT molecular complexity index is 589. The number of aryl methyl sites for hydroxylation is 2. The van der Waals surface area contributed by atoms with Gasteiger partial charge in [-0.25, -0.2) is 0 Å². The van der Waals surface area contributed by atoms with Crippen molar-refractivity contribution in [2.45, 2.75) is 33.2 Å². The molecule has 1 heterocycles. The van der Waals surface area contributed by atoms with E-state index < -0.39 is 0 Å². The number of likely N-dealkylation sites (N-methyl/N-ethyl adjacent to an activating group) is 1. The molecule has 0 amide bonds. The first-order valence-electron chi connectivity index (χ1n) is 7.17. The molecular formula is C17H22BrNOS. The van der Waals surface area contributed by atoms with Crippen LogP contribution in [0.1, 0.15) is 33.8 Å². The highest BCUT2D eigenvalue weighted by Gasteiger charge is 2.16. The van der Waals surface area contributed by atoms with Crippen molar-refractivity contribution in [2.24, 2.45) is 0 Å². The third-order valence-corrected chi connectivity index (χ3v) is 5.70. The molecule has 0 aliphatic heterocycles. The summed E-state index contributed by atoms with van der Waals surface area (Å²) in [5, 5.41) is 3.60. The minimum atomic E-state index is 0.343. The van der Waals surface area contributed by atoms with Crippen molar-refractivity contribution in [3.8, 4) is 5.75 Å². The second kappa shape index (κ2) is 7.43. The lowest BCUT2D eigenvalue weighted by Gasteiger charge is -2.18. The minimum absolute atomic E-state index is 0.343. The summed E-state index contributed by atoms with van der Waals surface area (Å²) in [5.74, 6) is 0.905. The molecule has 1 atom stereocenters. The lowest BCUT2D eigenvalue weighted by atomic mass is 10.0. The number of ether oxygens (including phenoxy) is 1. The molecule has 0 aliphatic carbocycles. The van der Waals surface area contributed by atoms with Crippen LogP contribution in [-0.2, 0) is 6.42 Å². The number of rotatable bonds is 6. The van der Waals surface area contributed by atoms with E-state index in [1.54, 1.807) is 7.11 Å². The normalized spacial score (nSPS) is 12.4. The summed E-state index contributed by atoms with van der Waals surface area (Å²) in [6.07, 6.45) is 0.949. The summed E-state index contributed by atoms with van der Waals surface area (Å²) in [6, 6.07) is 8.80. The standard InChI is InChI=1S/C17H22BrNOS/c1-5-19-16(17-8-11(2)12(3)21-17)10-13-9-14(20-4)6-7-15(13)18/h6-9,16,19H,5,10H2,1-4H3. The second-order valence-corrected chi connectivity index (χ2v) is 7.30. The molecule has 1 aromatic heterocycles. The molecule has 2 rings (SSSR count). The van der Waals surface area contributed by atoms with Crippen LogP contribution in [0.25, 0.3) is 0 Å².